The molecule has 1 aromatic rings. The van der Waals surface area contributed by atoms with E-state index >= 15 is 0 Å². The molecular weight excluding hydrogens is 190 g/mol. The molecule has 0 fully saturated rings. The number of carbonyl (C=O) groups excluding carboxylic acids is 1. The fourth-order valence-corrected chi connectivity index (χ4v) is 1.46. The maximum Gasteiger partial charge on any atom is 0.138 e. The fraction of sp³-hybridized carbons (Fsp3) is 0.222. The molecule has 70 valence electrons. The molecule has 0 bridgehead atoms. The van der Waals surface area contributed by atoms with Crippen molar-refractivity contribution in [2.75, 3.05) is 5.32 Å². The molecule has 0 spiro atoms. The number of rotatable bonds is 2. The number of carbonyl (C=O) groups is 1. The quantitative estimate of drug-likeness (QED) is 0.732. The predicted octanol–water partition coefficient (Wildman–Crippen LogP) is 1.49. The third-order valence-electron chi connectivity index (χ3n) is 1.78. The molecule has 0 atom stereocenters. The molecule has 1 rings (SSSR count). The largest absolute Gasteiger partial charge is 0.530 e. The zero-order valence-corrected chi connectivity index (χ0v) is 7.89. The van der Waals surface area contributed by atoms with E-state index in [0.717, 1.165) is 11.1 Å². The Labute approximate surface area is 81.3 Å². The Balaban J connectivity index is 3.05. The van der Waals surface area contributed by atoms with Gasteiger partial charge in [-0.2, -0.15) is 0 Å². The number of carboxylic acid groups (broad SMARTS) is 1. The van der Waals surface area contributed by atoms with Gasteiger partial charge in [0.15, 0.2) is 0 Å². The van der Waals surface area contributed by atoms with Crippen LogP contribution in [0.2, 0.25) is 0 Å². The number of benzene rings is 1. The number of hydrogen-bond donors (Lipinski definition) is 1. The number of hydrogen-bond acceptors (Lipinski definition) is 2. The first-order valence-corrected chi connectivity index (χ1v) is 4.31. The van der Waals surface area contributed by atoms with E-state index in [2.05, 4.69) is 5.32 Å². The summed E-state index contributed by atoms with van der Waals surface area (Å²) in [6.45, 7) is 1.87. The van der Waals surface area contributed by atoms with E-state index in [1.165, 1.54) is 0 Å². The van der Waals surface area contributed by atoms with Gasteiger partial charge in [-0.15, -0.1) is 11.6 Å². The molecule has 1 aromatic carbocycles. The predicted molar refractivity (Wildman–Crippen MR) is 49.8 cm³/mol. The van der Waals surface area contributed by atoms with Crippen molar-refractivity contribution in [3.63, 3.8) is 0 Å². The van der Waals surface area contributed by atoms with Gasteiger partial charge in [-0.1, -0.05) is 12.1 Å². The van der Waals surface area contributed by atoms with Gasteiger partial charge in [0.1, 0.15) is 6.09 Å². The summed E-state index contributed by atoms with van der Waals surface area (Å²) in [5, 5.41) is 12.5. The summed E-state index contributed by atoms with van der Waals surface area (Å²) in [7, 11) is 0. The van der Waals surface area contributed by atoms with Crippen molar-refractivity contribution in [1.29, 1.82) is 0 Å². The van der Waals surface area contributed by atoms with Crippen molar-refractivity contribution >= 4 is 23.4 Å². The molecule has 0 aromatic heterocycles. The van der Waals surface area contributed by atoms with E-state index in [1.807, 2.05) is 13.0 Å². The summed E-state index contributed by atoms with van der Waals surface area (Å²) in [5.74, 6) is 0.280. The molecule has 0 heterocycles. The van der Waals surface area contributed by atoms with Crippen LogP contribution in [0.5, 0.6) is 0 Å². The monoisotopic (exact) mass is 198 g/mol. The number of aryl methyl sites for hydroxylation is 1. The summed E-state index contributed by atoms with van der Waals surface area (Å²) in [6.07, 6.45) is -1.32. The average molecular weight is 199 g/mol. The van der Waals surface area contributed by atoms with Crippen LogP contribution in [0.15, 0.2) is 18.2 Å². The highest BCUT2D eigenvalue weighted by molar-refractivity contribution is 6.17. The van der Waals surface area contributed by atoms with Crippen LogP contribution in [0.4, 0.5) is 10.5 Å². The van der Waals surface area contributed by atoms with Gasteiger partial charge in [0.2, 0.25) is 0 Å². The number of amides is 1. The van der Waals surface area contributed by atoms with E-state index in [9.17, 15) is 9.90 Å². The number of halogens is 1. The molecular formula is C9H9ClNO2-. The van der Waals surface area contributed by atoms with Crippen molar-refractivity contribution in [2.24, 2.45) is 0 Å². The van der Waals surface area contributed by atoms with Crippen LogP contribution in [0.25, 0.3) is 0 Å². The summed E-state index contributed by atoms with van der Waals surface area (Å²) in [5.41, 5.74) is 2.24. The molecule has 0 aliphatic heterocycles. The minimum Gasteiger partial charge on any atom is -0.530 e. The van der Waals surface area contributed by atoms with Gasteiger partial charge >= 0.3 is 0 Å². The summed E-state index contributed by atoms with van der Waals surface area (Å²) in [4.78, 5) is 10.3. The van der Waals surface area contributed by atoms with Crippen LogP contribution >= 0.6 is 11.6 Å². The molecule has 1 amide bonds. The van der Waals surface area contributed by atoms with Crippen LogP contribution in [0.3, 0.4) is 0 Å². The summed E-state index contributed by atoms with van der Waals surface area (Å²) >= 11 is 5.67. The first-order chi connectivity index (χ1) is 6.15. The van der Waals surface area contributed by atoms with E-state index in [4.69, 9.17) is 11.6 Å². The van der Waals surface area contributed by atoms with Gasteiger partial charge in [0.05, 0.1) is 0 Å². The fourth-order valence-electron chi connectivity index (χ4n) is 1.11. The molecule has 0 aliphatic rings. The molecule has 4 heteroatoms. The second kappa shape index (κ2) is 4.14. The Bertz CT molecular complexity index is 325. The number of alkyl halides is 1. The van der Waals surface area contributed by atoms with E-state index < -0.39 is 6.09 Å². The standard InChI is InChI=1S/C9H10ClNO2/c1-6-3-2-4-8(7(6)5-10)11-9(12)13/h2-4,11H,5H2,1H3,(H,12,13)/p-1. The van der Waals surface area contributed by atoms with Gasteiger partial charge < -0.3 is 15.2 Å². The number of nitrogens with one attached hydrogen (secondary N) is 1. The lowest BCUT2D eigenvalue weighted by molar-refractivity contribution is -0.242. The van der Waals surface area contributed by atoms with E-state index in [-0.39, 0.29) is 5.88 Å². The zero-order valence-electron chi connectivity index (χ0n) is 7.13. The highest BCUT2D eigenvalue weighted by Crippen LogP contribution is 2.20. The molecule has 0 unspecified atom stereocenters. The van der Waals surface area contributed by atoms with Gasteiger partial charge in [-0.25, -0.2) is 0 Å². The highest BCUT2D eigenvalue weighted by atomic mass is 35.5. The first-order valence-electron chi connectivity index (χ1n) is 3.77. The maximum atomic E-state index is 10.3. The van der Waals surface area contributed by atoms with Crippen molar-refractivity contribution in [1.82, 2.24) is 0 Å². The van der Waals surface area contributed by atoms with Crippen molar-refractivity contribution < 1.29 is 9.90 Å². The minimum atomic E-state index is -1.32. The second-order valence-electron chi connectivity index (χ2n) is 2.65. The Morgan fingerprint density at radius 2 is 2.31 bits per heavy atom. The Morgan fingerprint density at radius 3 is 2.85 bits per heavy atom. The third kappa shape index (κ3) is 2.36. The summed E-state index contributed by atoms with van der Waals surface area (Å²) in [6, 6.07) is 5.29. The van der Waals surface area contributed by atoms with Crippen molar-refractivity contribution in [3.05, 3.63) is 29.3 Å². The lowest BCUT2D eigenvalue weighted by Gasteiger charge is -2.12. The molecule has 0 saturated heterocycles. The molecule has 0 aliphatic carbocycles. The van der Waals surface area contributed by atoms with E-state index in [1.54, 1.807) is 12.1 Å². The molecule has 0 saturated carbocycles. The van der Waals surface area contributed by atoms with Crippen LogP contribution in [0.1, 0.15) is 11.1 Å². The minimum absolute atomic E-state index is 0.280. The SMILES string of the molecule is Cc1cccc(NC(=O)[O-])c1CCl. The third-order valence-corrected chi connectivity index (χ3v) is 2.05. The molecule has 0 radical (unpaired) electrons. The average Bonchev–Trinajstić information content (AvgIpc) is 2.03. The highest BCUT2D eigenvalue weighted by Gasteiger charge is 2.03. The van der Waals surface area contributed by atoms with Crippen molar-refractivity contribution in [3.8, 4) is 0 Å². The Morgan fingerprint density at radius 1 is 1.62 bits per heavy atom. The Hall–Kier alpha value is -1.22. The Kier molecular flexibility index (Phi) is 3.14. The second-order valence-corrected chi connectivity index (χ2v) is 2.91. The maximum absolute atomic E-state index is 10.3. The van der Waals surface area contributed by atoms with Crippen LogP contribution in [-0.2, 0) is 5.88 Å². The van der Waals surface area contributed by atoms with Gasteiger partial charge in [-0.05, 0) is 24.1 Å². The molecule has 1 N–H and O–H groups in total. The zero-order chi connectivity index (χ0) is 9.84. The topological polar surface area (TPSA) is 52.2 Å². The van der Waals surface area contributed by atoms with E-state index in [0.29, 0.717) is 5.69 Å². The van der Waals surface area contributed by atoms with Gasteiger partial charge in [0, 0.05) is 11.6 Å². The normalized spacial score (nSPS) is 9.69. The van der Waals surface area contributed by atoms with Crippen LogP contribution in [-0.4, -0.2) is 6.09 Å². The molecule has 13 heavy (non-hydrogen) atoms. The molecule has 3 nitrogen and oxygen atoms in total. The van der Waals surface area contributed by atoms with Crippen LogP contribution < -0.4 is 10.4 Å². The smallest absolute Gasteiger partial charge is 0.138 e. The lowest BCUT2D eigenvalue weighted by atomic mass is 10.1. The van der Waals surface area contributed by atoms with Crippen molar-refractivity contribution in [2.45, 2.75) is 12.8 Å². The number of anilines is 1. The lowest BCUT2D eigenvalue weighted by Crippen LogP contribution is -2.29. The van der Waals surface area contributed by atoms with Crippen LogP contribution in [0, 0.1) is 6.92 Å². The first kappa shape index (κ1) is 9.86. The van der Waals surface area contributed by atoms with Gasteiger partial charge in [-0.3, -0.25) is 0 Å². The van der Waals surface area contributed by atoms with Gasteiger partial charge in [0.25, 0.3) is 0 Å². The summed E-state index contributed by atoms with van der Waals surface area (Å²) < 4.78 is 0.